The van der Waals surface area contributed by atoms with E-state index in [9.17, 15) is 14.7 Å². The second-order valence-corrected chi connectivity index (χ2v) is 12.4. The number of hydrogen-bond acceptors (Lipinski definition) is 7. The number of para-hydroxylation sites is 1. The van der Waals surface area contributed by atoms with Gasteiger partial charge in [0.05, 0.1) is 17.9 Å². The van der Waals surface area contributed by atoms with Crippen LogP contribution in [-0.4, -0.2) is 38.7 Å². The Bertz CT molecular complexity index is 1830. The van der Waals surface area contributed by atoms with E-state index in [1.165, 1.54) is 70.3 Å². The molecule has 9 nitrogen and oxygen atoms in total. The van der Waals surface area contributed by atoms with Gasteiger partial charge in [-0.2, -0.15) is 0 Å². The molecule has 1 amide bonds. The first-order valence-electron chi connectivity index (χ1n) is 17.3. The Hall–Kier alpha value is -4.92. The maximum absolute atomic E-state index is 13.7. The Morgan fingerprint density at radius 1 is 0.771 bits per heavy atom. The van der Waals surface area contributed by atoms with E-state index in [2.05, 4.69) is 22.6 Å². The van der Waals surface area contributed by atoms with Crippen molar-refractivity contribution < 1.29 is 24.2 Å². The molecule has 0 radical (unpaired) electrons. The maximum atomic E-state index is 13.7. The molecular formula is C39H46N4O5. The van der Waals surface area contributed by atoms with Crippen molar-refractivity contribution in [3.63, 3.8) is 0 Å². The third kappa shape index (κ3) is 8.91. The SMILES string of the molecule is CCCCCCCCCCCCCCOc1ccc(C)cc1NC(=O)c1cc(OC(=O)n2nnc3ccccc32)c2ccccc2c1O. The standard InChI is InChI=1S/C39H46N4O5/c1-3-4-5-6-7-8-9-10-11-12-13-18-25-47-35-24-23-28(2)26-33(35)40-38(45)31-27-36(29-19-14-15-20-30(29)37(31)44)48-39(46)43-34-22-17-16-21-32(34)41-42-43/h14-17,19-24,26-27,44H,3-13,18,25H2,1-2H3,(H,40,45). The molecule has 0 aliphatic rings. The molecule has 5 aromatic rings. The van der Waals surface area contributed by atoms with Gasteiger partial charge in [0, 0.05) is 10.8 Å². The lowest BCUT2D eigenvalue weighted by Crippen LogP contribution is -2.19. The van der Waals surface area contributed by atoms with Gasteiger partial charge in [-0.1, -0.05) is 125 Å². The number of anilines is 1. The highest BCUT2D eigenvalue weighted by Gasteiger charge is 2.22. The van der Waals surface area contributed by atoms with E-state index < -0.39 is 12.0 Å². The molecule has 0 fully saturated rings. The van der Waals surface area contributed by atoms with Gasteiger partial charge >= 0.3 is 6.09 Å². The molecule has 0 atom stereocenters. The van der Waals surface area contributed by atoms with E-state index in [0.717, 1.165) is 23.1 Å². The number of amides is 1. The molecule has 9 heteroatoms. The summed E-state index contributed by atoms with van der Waals surface area (Å²) >= 11 is 0. The lowest BCUT2D eigenvalue weighted by Gasteiger charge is -2.16. The molecule has 0 spiro atoms. The van der Waals surface area contributed by atoms with Gasteiger partial charge < -0.3 is 19.9 Å². The monoisotopic (exact) mass is 650 g/mol. The van der Waals surface area contributed by atoms with Crippen molar-refractivity contribution in [1.29, 1.82) is 0 Å². The molecular weight excluding hydrogens is 604 g/mol. The first-order chi connectivity index (χ1) is 23.5. The number of nitrogens with one attached hydrogen (secondary N) is 1. The highest BCUT2D eigenvalue weighted by molar-refractivity contribution is 6.12. The predicted molar refractivity (Wildman–Crippen MR) is 190 cm³/mol. The molecule has 4 aromatic carbocycles. The average molecular weight is 651 g/mol. The number of carbonyl (C=O) groups excluding carboxylic acids is 2. The summed E-state index contributed by atoms with van der Waals surface area (Å²) in [5.74, 6) is -0.129. The molecule has 252 valence electrons. The number of phenols is 1. The van der Waals surface area contributed by atoms with Gasteiger partial charge in [-0.15, -0.1) is 9.78 Å². The van der Waals surface area contributed by atoms with E-state index >= 15 is 0 Å². The molecule has 1 aromatic heterocycles. The van der Waals surface area contributed by atoms with Crippen LogP contribution in [0.3, 0.4) is 0 Å². The van der Waals surface area contributed by atoms with Gasteiger partial charge in [0.15, 0.2) is 0 Å². The third-order valence-electron chi connectivity index (χ3n) is 8.58. The summed E-state index contributed by atoms with van der Waals surface area (Å²) in [7, 11) is 0. The minimum atomic E-state index is -0.793. The van der Waals surface area contributed by atoms with Crippen LogP contribution in [0.1, 0.15) is 99.9 Å². The fraction of sp³-hybridized carbons (Fsp3) is 0.385. The number of phenolic OH excluding ortho intramolecular Hbond substituents is 1. The van der Waals surface area contributed by atoms with Gasteiger partial charge in [-0.3, -0.25) is 4.79 Å². The van der Waals surface area contributed by atoms with Crippen molar-refractivity contribution in [2.75, 3.05) is 11.9 Å². The largest absolute Gasteiger partial charge is 0.506 e. The van der Waals surface area contributed by atoms with Crippen LogP contribution in [-0.2, 0) is 0 Å². The zero-order chi connectivity index (χ0) is 33.7. The molecule has 0 bridgehead atoms. The van der Waals surface area contributed by atoms with Crippen molar-refractivity contribution >= 4 is 39.5 Å². The van der Waals surface area contributed by atoms with E-state index in [-0.39, 0.29) is 17.1 Å². The molecule has 1 heterocycles. The predicted octanol–water partition coefficient (Wildman–Crippen LogP) is 9.98. The van der Waals surface area contributed by atoms with Gasteiger partial charge in [0.2, 0.25) is 0 Å². The number of fused-ring (bicyclic) bond motifs is 2. The fourth-order valence-electron chi connectivity index (χ4n) is 5.91. The van der Waals surface area contributed by atoms with Crippen LogP contribution in [0, 0.1) is 6.92 Å². The van der Waals surface area contributed by atoms with Gasteiger partial charge in [0.1, 0.15) is 28.3 Å². The maximum Gasteiger partial charge on any atom is 0.442 e. The van der Waals surface area contributed by atoms with Crippen molar-refractivity contribution in [1.82, 2.24) is 15.0 Å². The van der Waals surface area contributed by atoms with Crippen LogP contribution in [0.2, 0.25) is 0 Å². The van der Waals surface area contributed by atoms with Crippen molar-refractivity contribution in [2.24, 2.45) is 0 Å². The summed E-state index contributed by atoms with van der Waals surface area (Å²) in [6, 6.07) is 20.9. The number of unbranched alkanes of at least 4 members (excludes halogenated alkanes) is 11. The van der Waals surface area contributed by atoms with Gasteiger partial charge in [-0.25, -0.2) is 4.79 Å². The van der Waals surface area contributed by atoms with E-state index in [1.807, 2.05) is 25.1 Å². The minimum absolute atomic E-state index is 0.0478. The quantitative estimate of drug-likeness (QED) is 0.0962. The summed E-state index contributed by atoms with van der Waals surface area (Å²) in [5.41, 5.74) is 2.42. The van der Waals surface area contributed by atoms with Crippen LogP contribution in [0.15, 0.2) is 72.8 Å². The van der Waals surface area contributed by atoms with E-state index in [1.54, 1.807) is 48.5 Å². The number of nitrogens with zero attached hydrogens (tertiary/aromatic N) is 3. The summed E-state index contributed by atoms with van der Waals surface area (Å²) in [5, 5.41) is 22.9. The number of ether oxygens (including phenoxy) is 2. The second kappa shape index (κ2) is 17.3. The van der Waals surface area contributed by atoms with Crippen LogP contribution < -0.4 is 14.8 Å². The Morgan fingerprint density at radius 3 is 2.15 bits per heavy atom. The lowest BCUT2D eigenvalue weighted by atomic mass is 10.0. The van der Waals surface area contributed by atoms with Crippen molar-refractivity contribution in [3.05, 3.63) is 83.9 Å². The molecule has 2 N–H and O–H groups in total. The zero-order valence-electron chi connectivity index (χ0n) is 28.0. The van der Waals surface area contributed by atoms with E-state index in [0.29, 0.717) is 39.8 Å². The number of aryl methyl sites for hydroxylation is 1. The Morgan fingerprint density at radius 2 is 1.42 bits per heavy atom. The smallest absolute Gasteiger partial charge is 0.442 e. The highest BCUT2D eigenvalue weighted by atomic mass is 16.6. The van der Waals surface area contributed by atoms with Crippen LogP contribution >= 0.6 is 0 Å². The van der Waals surface area contributed by atoms with Crippen LogP contribution in [0.5, 0.6) is 17.2 Å². The second-order valence-electron chi connectivity index (χ2n) is 12.4. The average Bonchev–Trinajstić information content (AvgIpc) is 3.53. The summed E-state index contributed by atoms with van der Waals surface area (Å²) in [4.78, 5) is 26.9. The Balaban J connectivity index is 1.20. The first-order valence-corrected chi connectivity index (χ1v) is 17.3. The zero-order valence-corrected chi connectivity index (χ0v) is 28.0. The molecule has 0 unspecified atom stereocenters. The van der Waals surface area contributed by atoms with Crippen molar-refractivity contribution in [2.45, 2.75) is 90.9 Å². The molecule has 48 heavy (non-hydrogen) atoms. The van der Waals surface area contributed by atoms with Crippen molar-refractivity contribution in [3.8, 4) is 17.2 Å². The van der Waals surface area contributed by atoms with Gasteiger partial charge in [-0.05, 0) is 49.2 Å². The summed E-state index contributed by atoms with van der Waals surface area (Å²) < 4.78 is 12.9. The topological polar surface area (TPSA) is 116 Å². The number of benzene rings is 4. The molecule has 0 aliphatic heterocycles. The number of aromatic nitrogens is 3. The molecule has 5 rings (SSSR count). The first kappa shape index (κ1) is 34.4. The van der Waals surface area contributed by atoms with Gasteiger partial charge in [0.25, 0.3) is 5.91 Å². The van der Waals surface area contributed by atoms with Crippen LogP contribution in [0.4, 0.5) is 10.5 Å². The molecule has 0 saturated heterocycles. The number of aromatic hydroxyl groups is 1. The van der Waals surface area contributed by atoms with Crippen LogP contribution in [0.25, 0.3) is 21.8 Å². The van der Waals surface area contributed by atoms with E-state index in [4.69, 9.17) is 9.47 Å². The lowest BCUT2D eigenvalue weighted by molar-refractivity contribution is 0.102. The number of hydrogen-bond donors (Lipinski definition) is 2. The highest BCUT2D eigenvalue weighted by Crippen LogP contribution is 2.37. The third-order valence-corrected chi connectivity index (χ3v) is 8.58. The number of rotatable bonds is 17. The summed E-state index contributed by atoms with van der Waals surface area (Å²) in [6.07, 6.45) is 14.4. The Labute approximate surface area is 282 Å². The molecule has 0 aliphatic carbocycles. The number of carbonyl (C=O) groups is 2. The minimum Gasteiger partial charge on any atom is -0.506 e. The Kier molecular flexibility index (Phi) is 12.4. The normalized spacial score (nSPS) is 11.2. The summed E-state index contributed by atoms with van der Waals surface area (Å²) in [6.45, 7) is 4.73. The fourth-order valence-corrected chi connectivity index (χ4v) is 5.91. The molecule has 0 saturated carbocycles.